The summed E-state index contributed by atoms with van der Waals surface area (Å²) in [5.41, 5.74) is 7.78. The number of aromatic nitrogens is 2. The minimum absolute atomic E-state index is 0.268. The van der Waals surface area contributed by atoms with Crippen molar-refractivity contribution in [2.24, 2.45) is 9.98 Å². The fourth-order valence-corrected chi connectivity index (χ4v) is 5.74. The number of benzene rings is 4. The van der Waals surface area contributed by atoms with Gasteiger partial charge in [-0.1, -0.05) is 48.5 Å². The third-order valence-electron chi connectivity index (χ3n) is 7.64. The fraction of sp³-hybridized carbons (Fsp3) is 0.147. The summed E-state index contributed by atoms with van der Waals surface area (Å²) in [7, 11) is 3.31. The Bertz CT molecular complexity index is 1870. The lowest BCUT2D eigenvalue weighted by molar-refractivity contribution is 0.354. The summed E-state index contributed by atoms with van der Waals surface area (Å²) in [6, 6.07) is 32.3. The summed E-state index contributed by atoms with van der Waals surface area (Å²) >= 11 is 0. The molecule has 1 aromatic heterocycles. The van der Waals surface area contributed by atoms with Gasteiger partial charge in [-0.25, -0.2) is 14.7 Å². The van der Waals surface area contributed by atoms with Gasteiger partial charge in [0.15, 0.2) is 29.0 Å². The number of aliphatic imine (C=N–C) groups is 2. The molecular formula is C34H30N6O2. The van der Waals surface area contributed by atoms with E-state index in [9.17, 15) is 0 Å². The van der Waals surface area contributed by atoms with Crippen molar-refractivity contribution in [3.63, 3.8) is 0 Å². The Morgan fingerprint density at radius 1 is 0.762 bits per heavy atom. The lowest BCUT2D eigenvalue weighted by Gasteiger charge is -2.40. The maximum atomic E-state index is 5.75. The maximum Gasteiger partial charge on any atom is 0.179 e. The molecule has 8 heteroatoms. The van der Waals surface area contributed by atoms with Crippen LogP contribution in [0.15, 0.2) is 107 Å². The van der Waals surface area contributed by atoms with Crippen molar-refractivity contribution in [1.82, 2.24) is 9.78 Å². The van der Waals surface area contributed by atoms with Gasteiger partial charge in [-0.05, 0) is 73.5 Å². The zero-order valence-electron chi connectivity index (χ0n) is 23.9. The molecule has 0 spiro atoms. The van der Waals surface area contributed by atoms with Gasteiger partial charge < -0.3 is 19.7 Å². The van der Waals surface area contributed by atoms with Crippen LogP contribution in [0, 0.1) is 13.8 Å². The van der Waals surface area contributed by atoms with Crippen LogP contribution in [0.25, 0.3) is 5.69 Å². The van der Waals surface area contributed by atoms with Crippen molar-refractivity contribution >= 4 is 34.6 Å². The molecule has 1 N–H and O–H groups in total. The van der Waals surface area contributed by atoms with Gasteiger partial charge in [0.2, 0.25) is 0 Å². The van der Waals surface area contributed by atoms with Crippen molar-refractivity contribution < 1.29 is 9.47 Å². The standard InChI is InChI=1S/C34H30N6O2/c1-21-11-10-12-24(19-21)35-32-34-37-33-30(22(2)38-40(33)25-13-6-5-7-14-25)31(23-17-18-28(41-3)29(20-23)42-4)39(34)27-16-9-8-15-26(27)36-32/h5-20,31H,1-4H3,(H,35,36). The Kier molecular flexibility index (Phi) is 6.23. The quantitative estimate of drug-likeness (QED) is 0.247. The Hall–Kier alpha value is -5.37. The monoisotopic (exact) mass is 554 g/mol. The number of anilines is 2. The first kappa shape index (κ1) is 25.6. The molecule has 2 aliphatic heterocycles. The molecule has 0 saturated carbocycles. The van der Waals surface area contributed by atoms with E-state index in [0.717, 1.165) is 51.0 Å². The van der Waals surface area contributed by atoms with Crippen molar-refractivity contribution in [1.29, 1.82) is 0 Å². The summed E-state index contributed by atoms with van der Waals surface area (Å²) in [6.45, 7) is 4.12. The highest BCUT2D eigenvalue weighted by molar-refractivity contribution is 6.51. The zero-order chi connectivity index (χ0) is 28.8. The summed E-state index contributed by atoms with van der Waals surface area (Å²) in [5, 5.41) is 8.59. The van der Waals surface area contributed by atoms with Gasteiger partial charge in [-0.3, -0.25) is 0 Å². The molecule has 1 unspecified atom stereocenters. The molecule has 2 aliphatic rings. The van der Waals surface area contributed by atoms with Gasteiger partial charge in [0, 0.05) is 11.3 Å². The second kappa shape index (κ2) is 10.2. The Labute approximate surface area is 244 Å². The second-order valence-corrected chi connectivity index (χ2v) is 10.3. The summed E-state index contributed by atoms with van der Waals surface area (Å²) in [6.07, 6.45) is 0. The molecule has 208 valence electrons. The van der Waals surface area contributed by atoms with E-state index in [4.69, 9.17) is 24.6 Å². The molecule has 5 aromatic rings. The van der Waals surface area contributed by atoms with E-state index >= 15 is 0 Å². The summed E-state index contributed by atoms with van der Waals surface area (Å²) in [5.74, 6) is 3.47. The Morgan fingerprint density at radius 3 is 2.33 bits per heavy atom. The van der Waals surface area contributed by atoms with Crippen molar-refractivity contribution in [3.8, 4) is 17.2 Å². The first-order chi connectivity index (χ1) is 20.6. The van der Waals surface area contributed by atoms with Gasteiger partial charge in [0.05, 0.1) is 43.0 Å². The number of nitrogens with zero attached hydrogens (tertiary/aromatic N) is 5. The van der Waals surface area contributed by atoms with Crippen LogP contribution in [0.2, 0.25) is 0 Å². The number of hydrogen-bond acceptors (Lipinski definition) is 7. The number of ether oxygens (including phenoxy) is 2. The summed E-state index contributed by atoms with van der Waals surface area (Å²) in [4.78, 5) is 12.7. The van der Waals surface area contributed by atoms with Gasteiger partial charge in [0.25, 0.3) is 0 Å². The second-order valence-electron chi connectivity index (χ2n) is 10.3. The molecule has 8 nitrogen and oxygen atoms in total. The number of nitrogens with one attached hydrogen (secondary N) is 1. The maximum absolute atomic E-state index is 5.75. The van der Waals surface area contributed by atoms with E-state index in [-0.39, 0.29) is 6.04 Å². The normalized spacial score (nSPS) is 15.1. The average Bonchev–Trinajstić information content (AvgIpc) is 3.36. The summed E-state index contributed by atoms with van der Waals surface area (Å²) < 4.78 is 13.3. The highest BCUT2D eigenvalue weighted by Gasteiger charge is 2.41. The van der Waals surface area contributed by atoms with E-state index in [2.05, 4.69) is 41.4 Å². The molecule has 0 fully saturated rings. The predicted octanol–water partition coefficient (Wildman–Crippen LogP) is 7.30. The number of aryl methyl sites for hydroxylation is 2. The molecule has 1 atom stereocenters. The Balaban J connectivity index is 1.50. The highest BCUT2D eigenvalue weighted by atomic mass is 16.5. The number of methoxy groups -OCH3 is 2. The van der Waals surface area contributed by atoms with Crippen molar-refractivity contribution in [2.45, 2.75) is 19.9 Å². The topological polar surface area (TPSA) is 76.3 Å². The SMILES string of the molecule is COc1ccc(C2c3c(C)nn(-c4ccccc4)c3N=C3C(Nc4cccc(C)c4)=Nc4ccccc4N32)cc1OC. The molecule has 0 aliphatic carbocycles. The highest BCUT2D eigenvalue weighted by Crippen LogP contribution is 2.49. The number of rotatable bonds is 5. The van der Waals surface area contributed by atoms with E-state index in [1.54, 1.807) is 14.2 Å². The lowest BCUT2D eigenvalue weighted by atomic mass is 9.93. The predicted molar refractivity (Wildman–Crippen MR) is 168 cm³/mol. The van der Waals surface area contributed by atoms with E-state index in [1.807, 2.05) is 84.4 Å². The van der Waals surface area contributed by atoms with Gasteiger partial charge >= 0.3 is 0 Å². The Morgan fingerprint density at radius 2 is 1.55 bits per heavy atom. The first-order valence-corrected chi connectivity index (χ1v) is 13.8. The third-order valence-corrected chi connectivity index (χ3v) is 7.64. The molecule has 42 heavy (non-hydrogen) atoms. The van der Waals surface area contributed by atoms with Crippen LogP contribution in [0.1, 0.15) is 28.4 Å². The minimum atomic E-state index is -0.268. The van der Waals surface area contributed by atoms with E-state index in [1.165, 1.54) is 0 Å². The largest absolute Gasteiger partial charge is 0.493 e. The molecular weight excluding hydrogens is 524 g/mol. The van der Waals surface area contributed by atoms with Crippen LogP contribution in [0.5, 0.6) is 11.5 Å². The molecule has 4 aromatic carbocycles. The van der Waals surface area contributed by atoms with Crippen molar-refractivity contribution in [3.05, 3.63) is 119 Å². The number of amidine groups is 2. The molecule has 0 radical (unpaired) electrons. The molecule has 0 saturated heterocycles. The smallest absolute Gasteiger partial charge is 0.179 e. The van der Waals surface area contributed by atoms with Crippen LogP contribution in [-0.2, 0) is 0 Å². The number of fused-ring (bicyclic) bond motifs is 4. The fourth-order valence-electron chi connectivity index (χ4n) is 5.74. The lowest BCUT2D eigenvalue weighted by Crippen LogP contribution is -2.46. The molecule has 0 amide bonds. The van der Waals surface area contributed by atoms with Gasteiger partial charge in [-0.2, -0.15) is 5.10 Å². The number of hydrogen-bond donors (Lipinski definition) is 1. The average molecular weight is 555 g/mol. The molecule has 7 rings (SSSR count). The molecule has 0 bridgehead atoms. The minimum Gasteiger partial charge on any atom is -0.493 e. The first-order valence-electron chi connectivity index (χ1n) is 13.8. The van der Waals surface area contributed by atoms with E-state index in [0.29, 0.717) is 23.2 Å². The third kappa shape index (κ3) is 4.19. The van der Waals surface area contributed by atoms with Crippen molar-refractivity contribution in [2.75, 3.05) is 24.4 Å². The van der Waals surface area contributed by atoms with Crippen LogP contribution < -0.4 is 19.7 Å². The zero-order valence-corrected chi connectivity index (χ0v) is 23.9. The van der Waals surface area contributed by atoms with Gasteiger partial charge in [0.1, 0.15) is 0 Å². The van der Waals surface area contributed by atoms with Gasteiger partial charge in [-0.15, -0.1) is 0 Å². The van der Waals surface area contributed by atoms with Crippen LogP contribution in [0.3, 0.4) is 0 Å². The molecule has 3 heterocycles. The van der Waals surface area contributed by atoms with Crippen LogP contribution >= 0.6 is 0 Å². The van der Waals surface area contributed by atoms with Crippen LogP contribution in [-0.4, -0.2) is 35.7 Å². The van der Waals surface area contributed by atoms with Crippen LogP contribution in [0.4, 0.5) is 22.9 Å². The number of para-hydroxylation sites is 3. The van der Waals surface area contributed by atoms with E-state index < -0.39 is 0 Å².